The maximum absolute atomic E-state index is 13.3. The molecule has 2 N–H and O–H groups in total. The number of sulfone groups is 1. The first-order valence-corrected chi connectivity index (χ1v) is 13.2. The fourth-order valence-corrected chi connectivity index (χ4v) is 5.98. The Bertz CT molecular complexity index is 1370. The van der Waals surface area contributed by atoms with Gasteiger partial charge < -0.3 is 18.6 Å². The van der Waals surface area contributed by atoms with E-state index in [1.165, 1.54) is 41.9 Å². The summed E-state index contributed by atoms with van der Waals surface area (Å²) in [5, 5.41) is 16.9. The number of amides is 1. The van der Waals surface area contributed by atoms with Gasteiger partial charge in [0.2, 0.25) is 11.8 Å². The molecule has 0 unspecified atom stereocenters. The molecule has 2 aromatic carbocycles. The third-order valence-corrected chi connectivity index (χ3v) is 8.58. The standard InChI is InChI=1S/C24H24F3N3O8S/c25-24(26,27)38-18-5-3-16(4-6-18)21-29-28-20(37-21)2-1-13-36-17-7-9-19(10-8-17)39(33,34)23(22(31)30-32)11-14-35-15-12-23/h3-10,32H,1-2,11-15H2,(H,30,31). The molecule has 1 fully saturated rings. The fourth-order valence-electron chi connectivity index (χ4n) is 4.05. The molecule has 3 aromatic rings. The summed E-state index contributed by atoms with van der Waals surface area (Å²) in [4.78, 5) is 12.2. The van der Waals surface area contributed by atoms with Gasteiger partial charge in [-0.15, -0.1) is 23.4 Å². The summed E-state index contributed by atoms with van der Waals surface area (Å²) in [5.74, 6) is -0.530. The highest BCUT2D eigenvalue weighted by Crippen LogP contribution is 2.36. The highest BCUT2D eigenvalue weighted by Gasteiger charge is 2.52. The molecule has 1 aromatic heterocycles. The highest BCUT2D eigenvalue weighted by molar-refractivity contribution is 7.93. The quantitative estimate of drug-likeness (QED) is 0.210. The number of aromatic nitrogens is 2. The predicted molar refractivity (Wildman–Crippen MR) is 127 cm³/mol. The van der Waals surface area contributed by atoms with Crippen molar-refractivity contribution in [2.24, 2.45) is 0 Å². The van der Waals surface area contributed by atoms with Gasteiger partial charge in [-0.3, -0.25) is 10.0 Å². The van der Waals surface area contributed by atoms with E-state index in [2.05, 4.69) is 14.9 Å². The highest BCUT2D eigenvalue weighted by atomic mass is 32.2. The van der Waals surface area contributed by atoms with Crippen molar-refractivity contribution in [3.63, 3.8) is 0 Å². The molecule has 0 saturated carbocycles. The number of hydrogen-bond donors (Lipinski definition) is 2. The monoisotopic (exact) mass is 571 g/mol. The van der Waals surface area contributed by atoms with Crippen molar-refractivity contribution < 1.29 is 50.2 Å². The van der Waals surface area contributed by atoms with E-state index in [4.69, 9.17) is 19.1 Å². The number of hydrogen-bond acceptors (Lipinski definition) is 10. The lowest BCUT2D eigenvalue weighted by atomic mass is 9.98. The van der Waals surface area contributed by atoms with E-state index in [9.17, 15) is 26.4 Å². The van der Waals surface area contributed by atoms with Gasteiger partial charge in [-0.2, -0.15) is 0 Å². The molecule has 0 atom stereocenters. The summed E-state index contributed by atoms with van der Waals surface area (Å²) < 4.78 is 81.8. The lowest BCUT2D eigenvalue weighted by Crippen LogP contribution is -2.54. The smallest absolute Gasteiger partial charge is 0.494 e. The fraction of sp³-hybridized carbons (Fsp3) is 0.375. The molecule has 1 saturated heterocycles. The van der Waals surface area contributed by atoms with Gasteiger partial charge >= 0.3 is 6.36 Å². The lowest BCUT2D eigenvalue weighted by molar-refractivity contribution is -0.274. The van der Waals surface area contributed by atoms with Crippen LogP contribution >= 0.6 is 0 Å². The molecule has 11 nitrogen and oxygen atoms in total. The Labute approximate surface area is 220 Å². The molecule has 0 radical (unpaired) electrons. The van der Waals surface area contributed by atoms with Crippen molar-refractivity contribution >= 4 is 15.7 Å². The van der Waals surface area contributed by atoms with Crippen molar-refractivity contribution in [1.82, 2.24) is 15.7 Å². The molecule has 1 aliphatic rings. The minimum absolute atomic E-state index is 0.0680. The van der Waals surface area contributed by atoms with Gasteiger partial charge in [0.15, 0.2) is 14.6 Å². The van der Waals surface area contributed by atoms with Gasteiger partial charge in [0, 0.05) is 25.2 Å². The molecule has 4 rings (SSSR count). The van der Waals surface area contributed by atoms with E-state index < -0.39 is 26.9 Å². The van der Waals surface area contributed by atoms with E-state index in [1.807, 2.05) is 0 Å². The van der Waals surface area contributed by atoms with Crippen LogP contribution in [0.1, 0.15) is 25.2 Å². The molecule has 210 valence electrons. The molecule has 0 aliphatic carbocycles. The molecule has 0 spiro atoms. The predicted octanol–water partition coefficient (Wildman–Crippen LogP) is 3.48. The van der Waals surface area contributed by atoms with E-state index in [1.54, 1.807) is 0 Å². The normalized spacial score (nSPS) is 15.5. The second kappa shape index (κ2) is 11.6. The molecule has 15 heteroatoms. The number of aryl methyl sites for hydroxylation is 1. The van der Waals surface area contributed by atoms with Gasteiger partial charge in [-0.25, -0.2) is 13.9 Å². The Hall–Kier alpha value is -3.69. The number of hydroxylamine groups is 1. The maximum atomic E-state index is 13.3. The summed E-state index contributed by atoms with van der Waals surface area (Å²) in [6.45, 7) is 0.374. The molecule has 1 aliphatic heterocycles. The number of carbonyl (C=O) groups is 1. The van der Waals surface area contributed by atoms with Crippen LogP contribution in [0.25, 0.3) is 11.5 Å². The van der Waals surface area contributed by atoms with Crippen molar-refractivity contribution in [2.75, 3.05) is 19.8 Å². The van der Waals surface area contributed by atoms with Gasteiger partial charge in [-0.1, -0.05) is 0 Å². The van der Waals surface area contributed by atoms with Gasteiger partial charge in [0.1, 0.15) is 11.5 Å². The summed E-state index contributed by atoms with van der Waals surface area (Å²) >= 11 is 0. The summed E-state index contributed by atoms with van der Waals surface area (Å²) in [7, 11) is -4.14. The number of nitrogens with one attached hydrogen (secondary N) is 1. The van der Waals surface area contributed by atoms with Crippen LogP contribution in [0.5, 0.6) is 11.5 Å². The summed E-state index contributed by atoms with van der Waals surface area (Å²) in [6.07, 6.45) is -4.13. The van der Waals surface area contributed by atoms with Crippen LogP contribution in [0.2, 0.25) is 0 Å². The number of carbonyl (C=O) groups excluding carboxylic acids is 1. The second-order valence-corrected chi connectivity index (χ2v) is 10.8. The first-order chi connectivity index (χ1) is 18.5. The second-order valence-electron chi connectivity index (χ2n) is 8.55. The average Bonchev–Trinajstić information content (AvgIpc) is 3.39. The van der Waals surface area contributed by atoms with Crippen LogP contribution in [0.3, 0.4) is 0 Å². The van der Waals surface area contributed by atoms with Gasteiger partial charge in [0.05, 0.1) is 11.5 Å². The zero-order chi connectivity index (χ0) is 28.1. The Balaban J connectivity index is 1.30. The largest absolute Gasteiger partial charge is 0.573 e. The minimum Gasteiger partial charge on any atom is -0.494 e. The van der Waals surface area contributed by atoms with Crippen LogP contribution in [-0.4, -0.2) is 60.7 Å². The van der Waals surface area contributed by atoms with E-state index in [-0.39, 0.29) is 49.2 Å². The van der Waals surface area contributed by atoms with Crippen LogP contribution in [0, 0.1) is 0 Å². The van der Waals surface area contributed by atoms with Crippen LogP contribution in [-0.2, 0) is 25.8 Å². The number of ether oxygens (including phenoxy) is 3. The zero-order valence-corrected chi connectivity index (χ0v) is 21.1. The van der Waals surface area contributed by atoms with Crippen molar-refractivity contribution in [1.29, 1.82) is 0 Å². The van der Waals surface area contributed by atoms with E-state index >= 15 is 0 Å². The Morgan fingerprint density at radius 3 is 2.28 bits per heavy atom. The molecule has 2 heterocycles. The summed E-state index contributed by atoms with van der Waals surface area (Å²) in [6, 6.07) is 10.6. The van der Waals surface area contributed by atoms with Crippen molar-refractivity contribution in [3.8, 4) is 23.0 Å². The SMILES string of the molecule is O=C(NO)C1(S(=O)(=O)c2ccc(OCCCc3nnc(-c4ccc(OC(F)(F)F)cc4)o3)cc2)CCOCC1. The molecular weight excluding hydrogens is 547 g/mol. The van der Waals surface area contributed by atoms with Crippen molar-refractivity contribution in [3.05, 3.63) is 54.4 Å². The zero-order valence-electron chi connectivity index (χ0n) is 20.3. The Morgan fingerprint density at radius 2 is 1.67 bits per heavy atom. The maximum Gasteiger partial charge on any atom is 0.573 e. The number of alkyl halides is 3. The minimum atomic E-state index is -4.78. The van der Waals surface area contributed by atoms with Crippen LogP contribution < -0.4 is 15.0 Å². The van der Waals surface area contributed by atoms with Gasteiger partial charge in [-0.05, 0) is 67.8 Å². The van der Waals surface area contributed by atoms with Gasteiger partial charge in [0.25, 0.3) is 5.91 Å². The van der Waals surface area contributed by atoms with Crippen molar-refractivity contribution in [2.45, 2.75) is 41.7 Å². The average molecular weight is 572 g/mol. The third-order valence-electron chi connectivity index (χ3n) is 6.07. The first kappa shape index (κ1) is 28.3. The van der Waals surface area contributed by atoms with Crippen LogP contribution in [0.15, 0.2) is 57.8 Å². The third kappa shape index (κ3) is 6.49. The number of nitrogens with zero attached hydrogens (tertiary/aromatic N) is 2. The number of halogens is 3. The first-order valence-electron chi connectivity index (χ1n) is 11.7. The number of benzene rings is 2. The van der Waals surface area contributed by atoms with Crippen LogP contribution in [0.4, 0.5) is 13.2 Å². The topological polar surface area (TPSA) is 150 Å². The summed E-state index contributed by atoms with van der Waals surface area (Å²) in [5.41, 5.74) is 1.90. The molecule has 1 amide bonds. The Morgan fingerprint density at radius 1 is 1.03 bits per heavy atom. The molecule has 39 heavy (non-hydrogen) atoms. The van der Waals surface area contributed by atoms with E-state index in [0.717, 1.165) is 12.1 Å². The van der Waals surface area contributed by atoms with E-state index in [0.29, 0.717) is 30.0 Å². The Kier molecular flexibility index (Phi) is 8.42. The number of rotatable bonds is 10. The molecular formula is C24H24F3N3O8S. The molecule has 0 bridgehead atoms. The lowest BCUT2D eigenvalue weighted by Gasteiger charge is -2.34.